The van der Waals surface area contributed by atoms with E-state index in [0.29, 0.717) is 10.6 Å². The van der Waals surface area contributed by atoms with Gasteiger partial charge in [0.15, 0.2) is 0 Å². The Hall–Kier alpha value is -1.43. The van der Waals surface area contributed by atoms with Crippen molar-refractivity contribution < 1.29 is 9.18 Å². The van der Waals surface area contributed by atoms with Gasteiger partial charge in [-0.15, -0.1) is 0 Å². The number of rotatable bonds is 2. The van der Waals surface area contributed by atoms with E-state index in [2.05, 4.69) is 15.9 Å². The predicted molar refractivity (Wildman–Crippen MR) is 83.7 cm³/mol. The van der Waals surface area contributed by atoms with E-state index in [4.69, 9.17) is 17.3 Å². The standard InChI is InChI=1S/C15H11BrClFN2O/c16-9-2-4-13-11(5-9)14(19)15(21)20(13)7-8-1-3-10(18)6-12(8)17/h1-6,14H,7,19H2. The third-order valence-electron chi connectivity index (χ3n) is 3.49. The summed E-state index contributed by atoms with van der Waals surface area (Å²) in [5.41, 5.74) is 8.17. The molecule has 6 heteroatoms. The summed E-state index contributed by atoms with van der Waals surface area (Å²) in [6, 6.07) is 8.98. The van der Waals surface area contributed by atoms with Gasteiger partial charge in [-0.2, -0.15) is 0 Å². The Morgan fingerprint density at radius 3 is 2.76 bits per heavy atom. The molecule has 0 saturated heterocycles. The van der Waals surface area contributed by atoms with Gasteiger partial charge >= 0.3 is 0 Å². The molecule has 0 aromatic heterocycles. The number of nitrogens with two attached hydrogens (primary N) is 1. The fourth-order valence-electron chi connectivity index (χ4n) is 2.42. The van der Waals surface area contributed by atoms with Crippen LogP contribution in [-0.2, 0) is 11.3 Å². The maximum atomic E-state index is 13.1. The zero-order valence-corrected chi connectivity index (χ0v) is 13.2. The number of halogens is 3. The van der Waals surface area contributed by atoms with Crippen molar-refractivity contribution in [3.63, 3.8) is 0 Å². The molecular formula is C15H11BrClFN2O. The first-order chi connectivity index (χ1) is 9.97. The molecule has 0 saturated carbocycles. The maximum Gasteiger partial charge on any atom is 0.248 e. The van der Waals surface area contributed by atoms with E-state index in [9.17, 15) is 9.18 Å². The lowest BCUT2D eigenvalue weighted by Gasteiger charge is -2.18. The van der Waals surface area contributed by atoms with E-state index in [1.165, 1.54) is 12.1 Å². The third kappa shape index (κ3) is 2.57. The molecule has 1 atom stereocenters. The van der Waals surface area contributed by atoms with Crippen LogP contribution in [0.15, 0.2) is 40.9 Å². The second-order valence-corrected chi connectivity index (χ2v) is 6.16. The highest BCUT2D eigenvalue weighted by atomic mass is 79.9. The van der Waals surface area contributed by atoms with Crippen molar-refractivity contribution in [2.75, 3.05) is 4.90 Å². The Kier molecular flexibility index (Phi) is 3.73. The van der Waals surface area contributed by atoms with E-state index >= 15 is 0 Å². The van der Waals surface area contributed by atoms with Gasteiger partial charge in [-0.1, -0.05) is 33.6 Å². The molecule has 1 aliphatic rings. The second kappa shape index (κ2) is 5.40. The summed E-state index contributed by atoms with van der Waals surface area (Å²) in [7, 11) is 0. The van der Waals surface area contributed by atoms with Crippen molar-refractivity contribution in [3.05, 3.63) is 62.8 Å². The molecule has 1 amide bonds. The monoisotopic (exact) mass is 368 g/mol. The van der Waals surface area contributed by atoms with Gasteiger partial charge in [0, 0.05) is 20.7 Å². The lowest BCUT2D eigenvalue weighted by molar-refractivity contribution is -0.119. The molecule has 1 heterocycles. The summed E-state index contributed by atoms with van der Waals surface area (Å²) >= 11 is 9.40. The van der Waals surface area contributed by atoms with Gasteiger partial charge < -0.3 is 10.6 Å². The molecule has 0 radical (unpaired) electrons. The van der Waals surface area contributed by atoms with Gasteiger partial charge in [-0.05, 0) is 35.9 Å². The van der Waals surface area contributed by atoms with Crippen LogP contribution in [0.3, 0.4) is 0 Å². The van der Waals surface area contributed by atoms with Crippen molar-refractivity contribution in [1.82, 2.24) is 0 Å². The molecule has 2 N–H and O–H groups in total. The Bertz CT molecular complexity index is 738. The molecule has 2 aromatic carbocycles. The molecular weight excluding hydrogens is 359 g/mol. The molecule has 1 unspecified atom stereocenters. The van der Waals surface area contributed by atoms with Gasteiger partial charge in [0.1, 0.15) is 11.9 Å². The molecule has 0 spiro atoms. The number of fused-ring (bicyclic) bond motifs is 1. The Labute approximate surface area is 134 Å². The van der Waals surface area contributed by atoms with E-state index in [1.54, 1.807) is 11.0 Å². The van der Waals surface area contributed by atoms with Gasteiger partial charge in [-0.25, -0.2) is 4.39 Å². The first-order valence-electron chi connectivity index (χ1n) is 6.27. The number of anilines is 1. The van der Waals surface area contributed by atoms with E-state index < -0.39 is 11.9 Å². The summed E-state index contributed by atoms with van der Waals surface area (Å²) in [5.74, 6) is -0.596. The van der Waals surface area contributed by atoms with Crippen molar-refractivity contribution in [3.8, 4) is 0 Å². The van der Waals surface area contributed by atoms with Gasteiger partial charge in [0.25, 0.3) is 0 Å². The van der Waals surface area contributed by atoms with Crippen molar-refractivity contribution in [2.45, 2.75) is 12.6 Å². The minimum atomic E-state index is -0.684. The van der Waals surface area contributed by atoms with E-state index in [0.717, 1.165) is 15.7 Å². The molecule has 108 valence electrons. The number of hydrogen-bond donors (Lipinski definition) is 1. The average Bonchev–Trinajstić information content (AvgIpc) is 2.66. The molecule has 1 aliphatic heterocycles. The summed E-state index contributed by atoms with van der Waals surface area (Å²) in [4.78, 5) is 13.9. The van der Waals surface area contributed by atoms with Crippen molar-refractivity contribution in [1.29, 1.82) is 0 Å². The van der Waals surface area contributed by atoms with Crippen LogP contribution in [0.4, 0.5) is 10.1 Å². The van der Waals surface area contributed by atoms with Gasteiger partial charge in [0.2, 0.25) is 5.91 Å². The molecule has 0 fully saturated rings. The summed E-state index contributed by atoms with van der Waals surface area (Å²) in [5, 5.41) is 0.293. The van der Waals surface area contributed by atoms with Crippen molar-refractivity contribution in [2.24, 2.45) is 5.73 Å². The van der Waals surface area contributed by atoms with Gasteiger partial charge in [-0.3, -0.25) is 4.79 Å². The molecule has 21 heavy (non-hydrogen) atoms. The zero-order chi connectivity index (χ0) is 15.1. The minimum Gasteiger partial charge on any atom is -0.316 e. The SMILES string of the molecule is NC1C(=O)N(Cc2ccc(F)cc2Cl)c2ccc(Br)cc21. The maximum absolute atomic E-state index is 13.1. The fourth-order valence-corrected chi connectivity index (χ4v) is 3.03. The number of carbonyl (C=O) groups excluding carboxylic acids is 1. The lowest BCUT2D eigenvalue weighted by Crippen LogP contribution is -2.31. The Morgan fingerprint density at radius 1 is 1.29 bits per heavy atom. The normalized spacial score (nSPS) is 17.2. The second-order valence-electron chi connectivity index (χ2n) is 4.84. The lowest BCUT2D eigenvalue weighted by atomic mass is 10.1. The van der Waals surface area contributed by atoms with Crippen LogP contribution < -0.4 is 10.6 Å². The quantitative estimate of drug-likeness (QED) is 0.875. The smallest absolute Gasteiger partial charge is 0.248 e. The fraction of sp³-hybridized carbons (Fsp3) is 0.133. The Morgan fingerprint density at radius 2 is 2.05 bits per heavy atom. The van der Waals surface area contributed by atoms with Crippen LogP contribution in [-0.4, -0.2) is 5.91 Å². The summed E-state index contributed by atoms with van der Waals surface area (Å²) in [6.07, 6.45) is 0. The number of benzene rings is 2. The van der Waals surface area contributed by atoms with E-state index in [-0.39, 0.29) is 12.5 Å². The third-order valence-corrected chi connectivity index (χ3v) is 4.34. The molecule has 3 rings (SSSR count). The Balaban J connectivity index is 1.98. The van der Waals surface area contributed by atoms with Crippen LogP contribution in [0.2, 0.25) is 5.02 Å². The van der Waals surface area contributed by atoms with Crippen LogP contribution in [0.5, 0.6) is 0 Å². The highest BCUT2D eigenvalue weighted by Crippen LogP contribution is 2.37. The first kappa shape index (κ1) is 14.5. The highest BCUT2D eigenvalue weighted by Gasteiger charge is 2.35. The number of amides is 1. The van der Waals surface area contributed by atoms with Gasteiger partial charge in [0.05, 0.1) is 6.54 Å². The number of carbonyl (C=O) groups is 1. The van der Waals surface area contributed by atoms with Crippen LogP contribution in [0.25, 0.3) is 0 Å². The first-order valence-corrected chi connectivity index (χ1v) is 7.45. The number of hydrogen-bond acceptors (Lipinski definition) is 2. The van der Waals surface area contributed by atoms with Crippen LogP contribution >= 0.6 is 27.5 Å². The van der Waals surface area contributed by atoms with E-state index in [1.807, 2.05) is 18.2 Å². The molecule has 0 bridgehead atoms. The number of nitrogens with zero attached hydrogens (tertiary/aromatic N) is 1. The summed E-state index contributed by atoms with van der Waals surface area (Å²) in [6.45, 7) is 0.264. The summed E-state index contributed by atoms with van der Waals surface area (Å²) < 4.78 is 14.0. The molecule has 0 aliphatic carbocycles. The largest absolute Gasteiger partial charge is 0.316 e. The van der Waals surface area contributed by atoms with Crippen molar-refractivity contribution >= 4 is 39.1 Å². The zero-order valence-electron chi connectivity index (χ0n) is 10.8. The average molecular weight is 370 g/mol. The topological polar surface area (TPSA) is 46.3 Å². The minimum absolute atomic E-state index is 0.191. The highest BCUT2D eigenvalue weighted by molar-refractivity contribution is 9.10. The van der Waals surface area contributed by atoms with Crippen LogP contribution in [0, 0.1) is 5.82 Å². The van der Waals surface area contributed by atoms with Crippen LogP contribution in [0.1, 0.15) is 17.2 Å². The molecule has 3 nitrogen and oxygen atoms in total. The predicted octanol–water partition coefficient (Wildman–Crippen LogP) is 3.79. The molecule has 2 aromatic rings.